The first-order valence-electron chi connectivity index (χ1n) is 9.15. The van der Waals surface area contributed by atoms with Crippen molar-refractivity contribution in [1.29, 1.82) is 0 Å². The standard InChI is InChI=1S/C20H25N3O3/c1-13-7-14(2)17-15(8-13)9-16(18(24)21-17)10-23-6-4-5-20(12-23)11-22(3)19(25)26-20/h7-9H,4-6,10-12H2,1-3H3,(H,21,24)/t20-/m0/s1. The Labute approximate surface area is 152 Å². The third-order valence-electron chi connectivity index (χ3n) is 5.52. The van der Waals surface area contributed by atoms with Gasteiger partial charge >= 0.3 is 6.09 Å². The van der Waals surface area contributed by atoms with E-state index in [-0.39, 0.29) is 11.7 Å². The number of likely N-dealkylation sites (tertiary alicyclic amines) is 1. The van der Waals surface area contributed by atoms with E-state index in [0.717, 1.165) is 41.4 Å². The molecule has 6 heteroatoms. The van der Waals surface area contributed by atoms with Crippen LogP contribution in [-0.2, 0) is 11.3 Å². The van der Waals surface area contributed by atoms with Crippen LogP contribution in [0.4, 0.5) is 4.79 Å². The van der Waals surface area contributed by atoms with Gasteiger partial charge in [0.1, 0.15) is 5.60 Å². The molecule has 2 aliphatic heterocycles. The lowest BCUT2D eigenvalue weighted by Gasteiger charge is -2.38. The van der Waals surface area contributed by atoms with Crippen molar-refractivity contribution in [3.8, 4) is 0 Å². The summed E-state index contributed by atoms with van der Waals surface area (Å²) < 4.78 is 5.66. The molecule has 0 bridgehead atoms. The Balaban J connectivity index is 1.60. The largest absolute Gasteiger partial charge is 0.440 e. The molecule has 6 nitrogen and oxygen atoms in total. The first kappa shape index (κ1) is 17.1. The topological polar surface area (TPSA) is 65.6 Å². The molecule has 3 heterocycles. The number of carbonyl (C=O) groups is 1. The van der Waals surface area contributed by atoms with Crippen molar-refractivity contribution < 1.29 is 9.53 Å². The van der Waals surface area contributed by atoms with Crippen LogP contribution in [0.5, 0.6) is 0 Å². The molecule has 1 aromatic carbocycles. The highest BCUT2D eigenvalue weighted by Crippen LogP contribution is 2.32. The SMILES string of the molecule is Cc1cc(C)c2[nH]c(=O)c(CN3CCC[C@@]4(C3)CN(C)C(=O)O4)cc2c1. The summed E-state index contributed by atoms with van der Waals surface area (Å²) in [6, 6.07) is 6.19. The molecule has 2 saturated heterocycles. The summed E-state index contributed by atoms with van der Waals surface area (Å²) in [6.07, 6.45) is 1.60. The maximum Gasteiger partial charge on any atom is 0.410 e. The summed E-state index contributed by atoms with van der Waals surface area (Å²) in [5.41, 5.74) is 3.47. The number of ether oxygens (including phenoxy) is 1. The molecule has 2 aliphatic rings. The molecule has 0 radical (unpaired) electrons. The van der Waals surface area contributed by atoms with Crippen molar-refractivity contribution in [2.45, 2.75) is 38.8 Å². The highest BCUT2D eigenvalue weighted by Gasteiger charge is 2.46. The van der Waals surface area contributed by atoms with E-state index in [1.807, 2.05) is 13.0 Å². The number of carbonyl (C=O) groups excluding carboxylic acids is 1. The molecule has 0 aliphatic carbocycles. The number of likely N-dealkylation sites (N-methyl/N-ethyl adjacent to an activating group) is 1. The van der Waals surface area contributed by atoms with Crippen LogP contribution in [0.3, 0.4) is 0 Å². The summed E-state index contributed by atoms with van der Waals surface area (Å²) >= 11 is 0. The lowest BCUT2D eigenvalue weighted by atomic mass is 9.92. The average Bonchev–Trinajstić information content (AvgIpc) is 2.82. The Bertz CT molecular complexity index is 936. The number of hydrogen-bond donors (Lipinski definition) is 1. The minimum atomic E-state index is -0.430. The number of rotatable bonds is 2. The van der Waals surface area contributed by atoms with Crippen LogP contribution in [0.2, 0.25) is 0 Å². The van der Waals surface area contributed by atoms with E-state index in [2.05, 4.69) is 28.9 Å². The molecule has 26 heavy (non-hydrogen) atoms. The van der Waals surface area contributed by atoms with Gasteiger partial charge in [0.2, 0.25) is 0 Å². The lowest BCUT2D eigenvalue weighted by Crippen LogP contribution is -2.50. The van der Waals surface area contributed by atoms with Crippen molar-refractivity contribution in [3.05, 3.63) is 45.2 Å². The third kappa shape index (κ3) is 2.98. The zero-order valence-corrected chi connectivity index (χ0v) is 15.6. The first-order chi connectivity index (χ1) is 12.3. The zero-order valence-electron chi connectivity index (χ0n) is 15.6. The second kappa shape index (κ2) is 6.13. The number of benzene rings is 1. The van der Waals surface area contributed by atoms with Crippen LogP contribution in [0, 0.1) is 13.8 Å². The average molecular weight is 355 g/mol. The van der Waals surface area contributed by atoms with Gasteiger partial charge in [0.05, 0.1) is 12.1 Å². The Hall–Kier alpha value is -2.34. The first-order valence-corrected chi connectivity index (χ1v) is 9.15. The number of aromatic nitrogens is 1. The highest BCUT2D eigenvalue weighted by atomic mass is 16.6. The van der Waals surface area contributed by atoms with E-state index in [4.69, 9.17) is 4.74 Å². The van der Waals surface area contributed by atoms with E-state index in [9.17, 15) is 9.59 Å². The van der Waals surface area contributed by atoms with Crippen LogP contribution in [0.15, 0.2) is 23.0 Å². The summed E-state index contributed by atoms with van der Waals surface area (Å²) in [5, 5.41) is 1.07. The molecule has 138 valence electrons. The zero-order chi connectivity index (χ0) is 18.5. The number of aromatic amines is 1. The second-order valence-corrected chi connectivity index (χ2v) is 7.89. The molecule has 1 N–H and O–H groups in total. The van der Waals surface area contributed by atoms with Crippen LogP contribution in [-0.4, -0.2) is 53.2 Å². The van der Waals surface area contributed by atoms with Gasteiger partial charge in [-0.2, -0.15) is 0 Å². The molecular weight excluding hydrogens is 330 g/mol. The molecular formula is C20H25N3O3. The summed E-state index contributed by atoms with van der Waals surface area (Å²) in [6.45, 7) is 6.86. The Morgan fingerprint density at radius 3 is 2.73 bits per heavy atom. The van der Waals surface area contributed by atoms with Gasteiger partial charge in [0.15, 0.2) is 0 Å². The van der Waals surface area contributed by atoms with E-state index >= 15 is 0 Å². The number of pyridine rings is 1. The van der Waals surface area contributed by atoms with Crippen molar-refractivity contribution in [2.24, 2.45) is 0 Å². The number of fused-ring (bicyclic) bond motifs is 1. The van der Waals surface area contributed by atoms with Gasteiger partial charge in [-0.25, -0.2) is 4.79 Å². The smallest absolute Gasteiger partial charge is 0.410 e. The number of nitrogens with one attached hydrogen (secondary N) is 1. The van der Waals surface area contributed by atoms with Crippen LogP contribution in [0.25, 0.3) is 10.9 Å². The van der Waals surface area contributed by atoms with Gasteiger partial charge < -0.3 is 14.6 Å². The van der Waals surface area contributed by atoms with Crippen molar-refractivity contribution in [3.63, 3.8) is 0 Å². The van der Waals surface area contributed by atoms with Gasteiger partial charge in [0, 0.05) is 25.7 Å². The van der Waals surface area contributed by atoms with Crippen LogP contribution >= 0.6 is 0 Å². The fourth-order valence-corrected chi connectivity index (χ4v) is 4.42. The molecule has 1 amide bonds. The number of amides is 1. The van der Waals surface area contributed by atoms with Gasteiger partial charge in [0.25, 0.3) is 5.56 Å². The van der Waals surface area contributed by atoms with Gasteiger partial charge in [-0.3, -0.25) is 9.69 Å². The van der Waals surface area contributed by atoms with E-state index in [1.165, 1.54) is 5.56 Å². The van der Waals surface area contributed by atoms with Gasteiger partial charge in [-0.1, -0.05) is 11.6 Å². The van der Waals surface area contributed by atoms with E-state index in [1.54, 1.807) is 11.9 Å². The fourth-order valence-electron chi connectivity index (χ4n) is 4.42. The monoisotopic (exact) mass is 355 g/mol. The predicted octanol–water partition coefficient (Wildman–Crippen LogP) is 2.56. The summed E-state index contributed by atoms with van der Waals surface area (Å²) in [7, 11) is 1.77. The number of hydrogen-bond acceptors (Lipinski definition) is 4. The predicted molar refractivity (Wildman–Crippen MR) is 100 cm³/mol. The number of piperidine rings is 1. The number of nitrogens with zero attached hydrogens (tertiary/aromatic N) is 2. The molecule has 2 fully saturated rings. The maximum atomic E-state index is 12.6. The summed E-state index contributed by atoms with van der Waals surface area (Å²) in [4.78, 5) is 31.3. The van der Waals surface area contributed by atoms with E-state index < -0.39 is 5.60 Å². The molecule has 2 aromatic rings. The molecule has 0 saturated carbocycles. The van der Waals surface area contributed by atoms with E-state index in [0.29, 0.717) is 19.6 Å². The van der Waals surface area contributed by atoms with Crippen LogP contribution < -0.4 is 5.56 Å². The van der Waals surface area contributed by atoms with Gasteiger partial charge in [-0.05, 0) is 56.3 Å². The van der Waals surface area contributed by atoms with Crippen LogP contribution in [0.1, 0.15) is 29.5 Å². The number of aryl methyl sites for hydroxylation is 2. The molecule has 4 rings (SSSR count). The molecule has 1 spiro atoms. The van der Waals surface area contributed by atoms with Crippen molar-refractivity contribution in [1.82, 2.24) is 14.8 Å². The lowest BCUT2D eigenvalue weighted by molar-refractivity contribution is -0.0114. The fraction of sp³-hybridized carbons (Fsp3) is 0.500. The Morgan fingerprint density at radius 2 is 2.00 bits per heavy atom. The Kier molecular flexibility index (Phi) is 4.03. The quantitative estimate of drug-likeness (QED) is 0.899. The highest BCUT2D eigenvalue weighted by molar-refractivity contribution is 5.82. The number of H-pyrrole nitrogens is 1. The molecule has 1 aromatic heterocycles. The molecule has 1 atom stereocenters. The minimum absolute atomic E-state index is 0.0374. The van der Waals surface area contributed by atoms with Crippen molar-refractivity contribution >= 4 is 17.0 Å². The Morgan fingerprint density at radius 1 is 1.19 bits per heavy atom. The molecule has 0 unspecified atom stereocenters. The third-order valence-corrected chi connectivity index (χ3v) is 5.52. The van der Waals surface area contributed by atoms with Crippen molar-refractivity contribution in [2.75, 3.05) is 26.7 Å². The second-order valence-electron chi connectivity index (χ2n) is 7.89. The maximum absolute atomic E-state index is 12.6. The minimum Gasteiger partial charge on any atom is -0.440 e. The normalized spacial score (nSPS) is 23.8. The summed E-state index contributed by atoms with van der Waals surface area (Å²) in [5.74, 6) is 0. The van der Waals surface area contributed by atoms with Gasteiger partial charge in [-0.15, -0.1) is 0 Å².